The highest BCUT2D eigenvalue weighted by atomic mass is 16.1. The monoisotopic (exact) mass is 316 g/mol. The molecule has 128 valence electrons. The van der Waals surface area contributed by atoms with Gasteiger partial charge in [-0.05, 0) is 43.4 Å². The van der Waals surface area contributed by atoms with E-state index in [-0.39, 0.29) is 11.9 Å². The van der Waals surface area contributed by atoms with E-state index in [2.05, 4.69) is 12.2 Å². The molecular formula is C20H32N2O. The van der Waals surface area contributed by atoms with E-state index in [1.54, 1.807) is 0 Å². The molecule has 0 heterocycles. The van der Waals surface area contributed by atoms with Gasteiger partial charge in [-0.25, -0.2) is 0 Å². The minimum atomic E-state index is 0.0667. The van der Waals surface area contributed by atoms with Gasteiger partial charge in [0.1, 0.15) is 0 Å². The highest BCUT2D eigenvalue weighted by Gasteiger charge is 2.35. The summed E-state index contributed by atoms with van der Waals surface area (Å²) in [5.74, 6) is 2.41. The summed E-state index contributed by atoms with van der Waals surface area (Å²) >= 11 is 0. The van der Waals surface area contributed by atoms with Crippen LogP contribution in [0.2, 0.25) is 0 Å². The summed E-state index contributed by atoms with van der Waals surface area (Å²) in [7, 11) is 0. The highest BCUT2D eigenvalue weighted by Crippen LogP contribution is 2.40. The van der Waals surface area contributed by atoms with Crippen molar-refractivity contribution in [3.05, 3.63) is 23.8 Å². The van der Waals surface area contributed by atoms with Gasteiger partial charge in [0.15, 0.2) is 0 Å². The zero-order valence-electron chi connectivity index (χ0n) is 14.5. The quantitative estimate of drug-likeness (QED) is 0.834. The smallest absolute Gasteiger partial charge is 0.251 e. The molecule has 3 heteroatoms. The largest absolute Gasteiger partial charge is 0.349 e. The van der Waals surface area contributed by atoms with Gasteiger partial charge < -0.3 is 11.1 Å². The Kier molecular flexibility index (Phi) is 5.58. The molecule has 3 rings (SSSR count). The van der Waals surface area contributed by atoms with Gasteiger partial charge in [-0.3, -0.25) is 4.79 Å². The van der Waals surface area contributed by atoms with E-state index >= 15 is 0 Å². The van der Waals surface area contributed by atoms with Crippen molar-refractivity contribution in [1.82, 2.24) is 5.32 Å². The van der Waals surface area contributed by atoms with Crippen LogP contribution in [0.1, 0.15) is 64.7 Å². The van der Waals surface area contributed by atoms with Crippen molar-refractivity contribution in [2.45, 2.75) is 76.8 Å². The molecule has 4 atom stereocenters. The maximum absolute atomic E-state index is 12.6. The predicted octanol–water partition coefficient (Wildman–Crippen LogP) is 3.70. The maximum atomic E-state index is 12.6. The van der Waals surface area contributed by atoms with E-state index < -0.39 is 0 Å². The van der Waals surface area contributed by atoms with Crippen molar-refractivity contribution in [3.63, 3.8) is 0 Å². The van der Waals surface area contributed by atoms with E-state index in [0.29, 0.717) is 12.0 Å². The first-order chi connectivity index (χ1) is 11.1. The van der Waals surface area contributed by atoms with Crippen molar-refractivity contribution in [2.75, 3.05) is 0 Å². The van der Waals surface area contributed by atoms with Crippen LogP contribution in [-0.4, -0.2) is 18.0 Å². The van der Waals surface area contributed by atoms with Gasteiger partial charge in [-0.15, -0.1) is 0 Å². The lowest BCUT2D eigenvalue weighted by Crippen LogP contribution is -2.47. The van der Waals surface area contributed by atoms with E-state index in [1.807, 2.05) is 18.2 Å². The minimum Gasteiger partial charge on any atom is -0.349 e. The molecule has 0 aromatic heterocycles. The predicted molar refractivity (Wildman–Crippen MR) is 94.8 cm³/mol. The summed E-state index contributed by atoms with van der Waals surface area (Å²) in [6.07, 6.45) is 17.1. The molecule has 0 aromatic carbocycles. The summed E-state index contributed by atoms with van der Waals surface area (Å²) in [5.41, 5.74) is 6.65. The second-order valence-electron chi connectivity index (χ2n) is 7.98. The third-order valence-electron chi connectivity index (χ3n) is 6.13. The number of carbonyl (C=O) groups is 1. The summed E-state index contributed by atoms with van der Waals surface area (Å²) in [4.78, 5) is 12.6. The first-order valence-corrected chi connectivity index (χ1v) is 9.58. The van der Waals surface area contributed by atoms with Crippen LogP contribution in [0.3, 0.4) is 0 Å². The Hall–Kier alpha value is -1.09. The van der Waals surface area contributed by atoms with Crippen LogP contribution >= 0.6 is 0 Å². The molecule has 4 unspecified atom stereocenters. The molecule has 0 bridgehead atoms. The molecule has 2 fully saturated rings. The lowest BCUT2D eigenvalue weighted by atomic mass is 9.68. The number of amides is 1. The standard InChI is InChI=1S/C20H32N2O/c1-14-7-12-19(18(13-14)15-5-3-2-4-6-15)22-20(23)16-8-10-17(21)11-9-16/h8-10,14-15,17-19H,2-7,11-13,21H2,1H3,(H,22,23). The second-order valence-corrected chi connectivity index (χ2v) is 7.98. The first-order valence-electron chi connectivity index (χ1n) is 9.58. The molecule has 0 spiro atoms. The third kappa shape index (κ3) is 4.26. The normalized spacial score (nSPS) is 35.7. The van der Waals surface area contributed by atoms with Crippen molar-refractivity contribution in [1.29, 1.82) is 0 Å². The number of carbonyl (C=O) groups excluding carboxylic acids is 1. The van der Waals surface area contributed by atoms with Crippen LogP contribution in [0.4, 0.5) is 0 Å². The van der Waals surface area contributed by atoms with Crippen molar-refractivity contribution in [3.8, 4) is 0 Å². The molecule has 0 saturated heterocycles. The van der Waals surface area contributed by atoms with Gasteiger partial charge in [-0.2, -0.15) is 0 Å². The van der Waals surface area contributed by atoms with Gasteiger partial charge in [0.05, 0.1) is 0 Å². The number of nitrogens with two attached hydrogens (primary N) is 1. The molecule has 23 heavy (non-hydrogen) atoms. The van der Waals surface area contributed by atoms with Crippen LogP contribution in [0.5, 0.6) is 0 Å². The van der Waals surface area contributed by atoms with Crippen molar-refractivity contribution >= 4 is 5.91 Å². The first kappa shape index (κ1) is 16.8. The van der Waals surface area contributed by atoms with Crippen molar-refractivity contribution in [2.24, 2.45) is 23.5 Å². The highest BCUT2D eigenvalue weighted by molar-refractivity contribution is 5.96. The van der Waals surface area contributed by atoms with Gasteiger partial charge in [-0.1, -0.05) is 57.3 Å². The number of hydrogen-bond donors (Lipinski definition) is 2. The molecule has 3 N–H and O–H groups in total. The van der Waals surface area contributed by atoms with E-state index in [4.69, 9.17) is 5.73 Å². The van der Waals surface area contributed by atoms with Gasteiger partial charge in [0, 0.05) is 17.7 Å². The lowest BCUT2D eigenvalue weighted by Gasteiger charge is -2.41. The zero-order chi connectivity index (χ0) is 16.2. The minimum absolute atomic E-state index is 0.0667. The molecule has 3 aliphatic rings. The molecule has 3 aliphatic carbocycles. The molecule has 0 aliphatic heterocycles. The van der Waals surface area contributed by atoms with Crippen LogP contribution in [0.15, 0.2) is 23.8 Å². The third-order valence-corrected chi connectivity index (χ3v) is 6.13. The van der Waals surface area contributed by atoms with Crippen LogP contribution in [-0.2, 0) is 4.79 Å². The molecular weight excluding hydrogens is 284 g/mol. The SMILES string of the molecule is CC1CCC(NC(=O)C2=CCC(N)C=C2)C(C2CCCCC2)C1. The topological polar surface area (TPSA) is 55.1 Å². The average molecular weight is 316 g/mol. The van der Waals surface area contributed by atoms with Crippen LogP contribution in [0.25, 0.3) is 0 Å². The molecule has 2 saturated carbocycles. The lowest BCUT2D eigenvalue weighted by molar-refractivity contribution is -0.118. The van der Waals surface area contributed by atoms with E-state index in [9.17, 15) is 4.79 Å². The average Bonchev–Trinajstić information content (AvgIpc) is 2.58. The Morgan fingerprint density at radius 1 is 1.17 bits per heavy atom. The van der Waals surface area contributed by atoms with Crippen LogP contribution in [0, 0.1) is 17.8 Å². The summed E-state index contributed by atoms with van der Waals surface area (Å²) in [5, 5.41) is 3.37. The van der Waals surface area contributed by atoms with Crippen LogP contribution < -0.4 is 11.1 Å². The second kappa shape index (κ2) is 7.65. The fourth-order valence-electron chi connectivity index (χ4n) is 4.74. The summed E-state index contributed by atoms with van der Waals surface area (Å²) in [6, 6.07) is 0.434. The Morgan fingerprint density at radius 2 is 1.96 bits per heavy atom. The fourth-order valence-corrected chi connectivity index (χ4v) is 4.74. The Morgan fingerprint density at radius 3 is 2.65 bits per heavy atom. The Labute approximate surface area is 140 Å². The van der Waals surface area contributed by atoms with E-state index in [0.717, 1.165) is 30.3 Å². The fraction of sp³-hybridized carbons (Fsp3) is 0.750. The number of nitrogens with one attached hydrogen (secondary N) is 1. The van der Waals surface area contributed by atoms with E-state index in [1.165, 1.54) is 44.9 Å². The Bertz CT molecular complexity index is 476. The molecule has 3 nitrogen and oxygen atoms in total. The zero-order valence-corrected chi connectivity index (χ0v) is 14.5. The summed E-state index contributed by atoms with van der Waals surface area (Å²) < 4.78 is 0. The van der Waals surface area contributed by atoms with Gasteiger partial charge in [0.25, 0.3) is 5.91 Å². The molecule has 0 radical (unpaired) electrons. The molecule has 0 aromatic rings. The van der Waals surface area contributed by atoms with Gasteiger partial charge in [0.2, 0.25) is 0 Å². The molecule has 1 amide bonds. The summed E-state index contributed by atoms with van der Waals surface area (Å²) in [6.45, 7) is 2.38. The number of rotatable bonds is 3. The number of hydrogen-bond acceptors (Lipinski definition) is 2. The van der Waals surface area contributed by atoms with Crippen molar-refractivity contribution < 1.29 is 4.79 Å². The maximum Gasteiger partial charge on any atom is 0.251 e. The Balaban J connectivity index is 1.64. The van der Waals surface area contributed by atoms with Gasteiger partial charge >= 0.3 is 0 Å².